The number of esters is 2. The summed E-state index contributed by atoms with van der Waals surface area (Å²) < 4.78 is 15.7. The average molecular weight is 371 g/mol. The maximum atomic E-state index is 12.3. The minimum Gasteiger partial charge on any atom is -0.493 e. The second-order valence-electron chi connectivity index (χ2n) is 6.00. The number of methoxy groups -OCH3 is 1. The molecule has 0 atom stereocenters. The molecule has 0 N–H and O–H groups in total. The second-order valence-corrected chi connectivity index (χ2v) is 6.00. The first kappa shape index (κ1) is 20.4. The summed E-state index contributed by atoms with van der Waals surface area (Å²) in [5.74, 6) is -0.498. The van der Waals surface area contributed by atoms with Gasteiger partial charge in [-0.2, -0.15) is 0 Å². The monoisotopic (exact) mass is 371 g/mol. The van der Waals surface area contributed by atoms with E-state index in [0.29, 0.717) is 12.4 Å². The Morgan fingerprint density at radius 3 is 2.22 bits per heavy atom. The summed E-state index contributed by atoms with van der Waals surface area (Å²) in [5.41, 5.74) is 0.108. The van der Waals surface area contributed by atoms with Crippen molar-refractivity contribution in [2.24, 2.45) is 0 Å². The minimum absolute atomic E-state index is 0.0262. The molecule has 0 saturated carbocycles. The molecule has 27 heavy (non-hydrogen) atoms. The van der Waals surface area contributed by atoms with E-state index < -0.39 is 11.9 Å². The highest BCUT2D eigenvalue weighted by molar-refractivity contribution is 5.92. The van der Waals surface area contributed by atoms with Crippen LogP contribution in [0, 0.1) is 0 Å². The number of para-hydroxylation sites is 2. The van der Waals surface area contributed by atoms with E-state index in [-0.39, 0.29) is 17.1 Å². The lowest BCUT2D eigenvalue weighted by molar-refractivity contribution is 0.0490. The number of hydrogen-bond acceptors (Lipinski definition) is 6. The zero-order valence-electron chi connectivity index (χ0n) is 15.8. The van der Waals surface area contributed by atoms with Crippen LogP contribution in [-0.4, -0.2) is 30.6 Å². The Labute approximate surface area is 159 Å². The lowest BCUT2D eigenvalue weighted by Gasteiger charge is -2.09. The number of carbonyl (C=O) groups excluding carboxylic acids is 2. The van der Waals surface area contributed by atoms with E-state index in [4.69, 9.17) is 14.2 Å². The topological polar surface area (TPSA) is 74.7 Å². The standard InChI is InChI=1S/C21H25NO5/c1-3-4-5-6-9-15-26-20(23)16-11-10-12-17(22-16)21(24)27-19-14-8-7-13-18(19)25-2/h7-8,10-14H,3-6,9,15H2,1-2H3. The van der Waals surface area contributed by atoms with Gasteiger partial charge in [0.2, 0.25) is 0 Å². The van der Waals surface area contributed by atoms with Gasteiger partial charge in [0, 0.05) is 0 Å². The summed E-state index contributed by atoms with van der Waals surface area (Å²) in [5, 5.41) is 0. The Balaban J connectivity index is 1.93. The Hall–Kier alpha value is -2.89. The number of hydrogen-bond donors (Lipinski definition) is 0. The molecular weight excluding hydrogens is 346 g/mol. The molecule has 0 amide bonds. The van der Waals surface area contributed by atoms with E-state index >= 15 is 0 Å². The summed E-state index contributed by atoms with van der Waals surface area (Å²) in [7, 11) is 1.49. The van der Waals surface area contributed by atoms with Crippen LogP contribution in [0.3, 0.4) is 0 Å². The van der Waals surface area contributed by atoms with Crippen molar-refractivity contribution in [3.05, 3.63) is 53.9 Å². The van der Waals surface area contributed by atoms with Gasteiger partial charge in [0.25, 0.3) is 0 Å². The van der Waals surface area contributed by atoms with E-state index in [1.54, 1.807) is 30.3 Å². The van der Waals surface area contributed by atoms with E-state index in [1.807, 2.05) is 0 Å². The van der Waals surface area contributed by atoms with Gasteiger partial charge >= 0.3 is 11.9 Å². The zero-order valence-corrected chi connectivity index (χ0v) is 15.8. The first-order valence-corrected chi connectivity index (χ1v) is 9.15. The SMILES string of the molecule is CCCCCCCOC(=O)c1cccc(C(=O)Oc2ccccc2OC)n1. The highest BCUT2D eigenvalue weighted by Crippen LogP contribution is 2.26. The fourth-order valence-corrected chi connectivity index (χ4v) is 2.46. The molecule has 1 aromatic heterocycles. The van der Waals surface area contributed by atoms with Gasteiger partial charge < -0.3 is 14.2 Å². The number of pyridine rings is 1. The minimum atomic E-state index is -0.672. The van der Waals surface area contributed by atoms with Gasteiger partial charge in [-0.05, 0) is 30.7 Å². The maximum Gasteiger partial charge on any atom is 0.362 e. The number of benzene rings is 1. The van der Waals surface area contributed by atoms with Gasteiger partial charge in [0.1, 0.15) is 11.4 Å². The quantitative estimate of drug-likeness (QED) is 0.349. The van der Waals surface area contributed by atoms with E-state index in [2.05, 4.69) is 11.9 Å². The molecule has 2 rings (SSSR count). The van der Waals surface area contributed by atoms with Crippen molar-refractivity contribution in [2.45, 2.75) is 39.0 Å². The molecule has 2 aromatic rings. The molecule has 0 radical (unpaired) electrons. The summed E-state index contributed by atoms with van der Waals surface area (Å²) in [6, 6.07) is 11.4. The largest absolute Gasteiger partial charge is 0.493 e. The van der Waals surface area contributed by atoms with Gasteiger partial charge in [0.15, 0.2) is 11.5 Å². The van der Waals surface area contributed by atoms with Crippen molar-refractivity contribution >= 4 is 11.9 Å². The van der Waals surface area contributed by atoms with E-state index in [1.165, 1.54) is 32.1 Å². The van der Waals surface area contributed by atoms with Gasteiger partial charge in [-0.3, -0.25) is 0 Å². The third-order valence-corrected chi connectivity index (χ3v) is 3.92. The summed E-state index contributed by atoms with van der Waals surface area (Å²) in [6.45, 7) is 2.50. The maximum absolute atomic E-state index is 12.3. The Kier molecular flexibility index (Phi) is 8.29. The molecule has 6 heteroatoms. The lowest BCUT2D eigenvalue weighted by Crippen LogP contribution is -2.15. The molecule has 0 aliphatic rings. The molecule has 0 fully saturated rings. The molecule has 0 aliphatic carbocycles. The van der Waals surface area contributed by atoms with Crippen molar-refractivity contribution in [2.75, 3.05) is 13.7 Å². The van der Waals surface area contributed by atoms with Crippen molar-refractivity contribution < 1.29 is 23.8 Å². The van der Waals surface area contributed by atoms with Crippen LogP contribution in [0.4, 0.5) is 0 Å². The van der Waals surface area contributed by atoms with Crippen LogP contribution in [0.1, 0.15) is 60.0 Å². The number of ether oxygens (including phenoxy) is 3. The molecule has 6 nitrogen and oxygen atoms in total. The van der Waals surface area contributed by atoms with E-state index in [9.17, 15) is 9.59 Å². The molecule has 1 aromatic carbocycles. The van der Waals surface area contributed by atoms with Crippen molar-refractivity contribution in [1.82, 2.24) is 4.98 Å². The highest BCUT2D eigenvalue weighted by Gasteiger charge is 2.16. The van der Waals surface area contributed by atoms with Crippen LogP contribution in [-0.2, 0) is 4.74 Å². The third-order valence-electron chi connectivity index (χ3n) is 3.92. The fourth-order valence-electron chi connectivity index (χ4n) is 2.46. The summed E-state index contributed by atoms with van der Waals surface area (Å²) >= 11 is 0. The molecule has 0 bridgehead atoms. The summed E-state index contributed by atoms with van der Waals surface area (Å²) in [6.07, 6.45) is 5.34. The number of aromatic nitrogens is 1. The number of nitrogens with zero attached hydrogens (tertiary/aromatic N) is 1. The number of carbonyl (C=O) groups is 2. The molecule has 0 unspecified atom stereocenters. The molecule has 0 saturated heterocycles. The summed E-state index contributed by atoms with van der Waals surface area (Å²) in [4.78, 5) is 28.5. The van der Waals surface area contributed by atoms with Crippen LogP contribution in [0.5, 0.6) is 11.5 Å². The van der Waals surface area contributed by atoms with Crippen LogP contribution in [0.15, 0.2) is 42.5 Å². The van der Waals surface area contributed by atoms with Gasteiger partial charge in [-0.15, -0.1) is 0 Å². The molecular formula is C21H25NO5. The van der Waals surface area contributed by atoms with Crippen LogP contribution in [0.2, 0.25) is 0 Å². The predicted molar refractivity (Wildman–Crippen MR) is 101 cm³/mol. The van der Waals surface area contributed by atoms with E-state index in [0.717, 1.165) is 19.3 Å². The van der Waals surface area contributed by atoms with Crippen LogP contribution >= 0.6 is 0 Å². The molecule has 1 heterocycles. The first-order chi connectivity index (χ1) is 13.2. The Morgan fingerprint density at radius 1 is 0.852 bits per heavy atom. The van der Waals surface area contributed by atoms with Gasteiger partial charge in [-0.1, -0.05) is 50.8 Å². The van der Waals surface area contributed by atoms with Crippen LogP contribution < -0.4 is 9.47 Å². The fraction of sp³-hybridized carbons (Fsp3) is 0.381. The van der Waals surface area contributed by atoms with Crippen molar-refractivity contribution in [1.29, 1.82) is 0 Å². The second kappa shape index (κ2) is 11.0. The normalized spacial score (nSPS) is 10.3. The highest BCUT2D eigenvalue weighted by atomic mass is 16.6. The zero-order chi connectivity index (χ0) is 19.5. The smallest absolute Gasteiger partial charge is 0.362 e. The molecule has 144 valence electrons. The number of unbranched alkanes of at least 4 members (excludes halogenated alkanes) is 4. The Bertz CT molecular complexity index is 760. The van der Waals surface area contributed by atoms with Crippen molar-refractivity contribution in [3.63, 3.8) is 0 Å². The third kappa shape index (κ3) is 6.40. The molecule has 0 aliphatic heterocycles. The molecule has 0 spiro atoms. The van der Waals surface area contributed by atoms with Crippen LogP contribution in [0.25, 0.3) is 0 Å². The van der Waals surface area contributed by atoms with Crippen molar-refractivity contribution in [3.8, 4) is 11.5 Å². The van der Waals surface area contributed by atoms with Gasteiger partial charge in [-0.25, -0.2) is 14.6 Å². The first-order valence-electron chi connectivity index (χ1n) is 9.15. The number of rotatable bonds is 10. The average Bonchev–Trinajstić information content (AvgIpc) is 2.71. The van der Waals surface area contributed by atoms with Gasteiger partial charge in [0.05, 0.1) is 13.7 Å². The lowest BCUT2D eigenvalue weighted by atomic mass is 10.2. The predicted octanol–water partition coefficient (Wildman–Crippen LogP) is 4.44. The Morgan fingerprint density at radius 2 is 1.52 bits per heavy atom.